The van der Waals surface area contributed by atoms with Crippen LogP contribution in [0.1, 0.15) is 15.9 Å². The van der Waals surface area contributed by atoms with Crippen molar-refractivity contribution >= 4 is 17.4 Å². The zero-order chi connectivity index (χ0) is 14.4. The molecule has 1 amide bonds. The van der Waals surface area contributed by atoms with E-state index >= 15 is 0 Å². The largest absolute Gasteiger partial charge is 0.395 e. The molecule has 104 valence electrons. The lowest BCUT2D eigenvalue weighted by molar-refractivity contribution is 0.102. The highest BCUT2D eigenvalue weighted by Gasteiger charge is 2.05. The fourth-order valence-electron chi connectivity index (χ4n) is 1.66. The van der Waals surface area contributed by atoms with E-state index in [0.717, 1.165) is 5.56 Å². The maximum absolute atomic E-state index is 12.0. The molecule has 0 spiro atoms. The van der Waals surface area contributed by atoms with Gasteiger partial charge in [0.05, 0.1) is 18.5 Å². The Bertz CT molecular complexity index is 565. The summed E-state index contributed by atoms with van der Waals surface area (Å²) in [6.07, 6.45) is 1.58. The summed E-state index contributed by atoms with van der Waals surface area (Å²) >= 11 is 0. The van der Waals surface area contributed by atoms with Gasteiger partial charge in [0.1, 0.15) is 5.82 Å². The number of anilines is 2. The van der Waals surface area contributed by atoms with Crippen LogP contribution in [0.2, 0.25) is 0 Å². The first-order valence-electron chi connectivity index (χ1n) is 6.38. The summed E-state index contributed by atoms with van der Waals surface area (Å²) in [6, 6.07) is 10.9. The molecule has 1 aromatic carbocycles. The molecule has 0 aliphatic carbocycles. The Hall–Kier alpha value is -2.40. The number of pyridine rings is 1. The van der Waals surface area contributed by atoms with Crippen molar-refractivity contribution < 1.29 is 9.90 Å². The number of benzene rings is 1. The maximum Gasteiger partial charge on any atom is 0.255 e. The molecule has 0 aliphatic rings. The molecule has 0 atom stereocenters. The number of aromatic nitrogens is 1. The van der Waals surface area contributed by atoms with E-state index < -0.39 is 0 Å². The molecule has 0 bridgehead atoms. The maximum atomic E-state index is 12.0. The van der Waals surface area contributed by atoms with Gasteiger partial charge in [-0.25, -0.2) is 4.98 Å². The number of amides is 1. The summed E-state index contributed by atoms with van der Waals surface area (Å²) in [5.74, 6) is 0.496. The third-order valence-electron chi connectivity index (χ3n) is 2.75. The van der Waals surface area contributed by atoms with Crippen LogP contribution in [-0.4, -0.2) is 29.1 Å². The summed E-state index contributed by atoms with van der Waals surface area (Å²) in [6.45, 7) is 2.47. The lowest BCUT2D eigenvalue weighted by Crippen LogP contribution is -2.12. The number of nitrogens with zero attached hydrogens (tertiary/aromatic N) is 1. The van der Waals surface area contributed by atoms with Gasteiger partial charge >= 0.3 is 0 Å². The number of nitrogens with one attached hydrogen (secondary N) is 2. The van der Waals surface area contributed by atoms with E-state index in [4.69, 9.17) is 5.11 Å². The second-order valence-corrected chi connectivity index (χ2v) is 4.40. The predicted octanol–water partition coefficient (Wildman–Crippen LogP) is 2.05. The normalized spacial score (nSPS) is 10.1. The molecule has 0 saturated heterocycles. The average molecular weight is 271 g/mol. The van der Waals surface area contributed by atoms with Gasteiger partial charge in [0.15, 0.2) is 0 Å². The molecule has 0 saturated carbocycles. The zero-order valence-electron chi connectivity index (χ0n) is 11.3. The van der Waals surface area contributed by atoms with Crippen LogP contribution in [0.5, 0.6) is 0 Å². The fraction of sp³-hybridized carbons (Fsp3) is 0.200. The van der Waals surface area contributed by atoms with E-state index in [-0.39, 0.29) is 12.5 Å². The molecule has 2 aromatic rings. The lowest BCUT2D eigenvalue weighted by Gasteiger charge is -2.07. The number of aryl methyl sites for hydroxylation is 1. The summed E-state index contributed by atoms with van der Waals surface area (Å²) < 4.78 is 0. The van der Waals surface area contributed by atoms with E-state index in [1.54, 1.807) is 30.5 Å². The van der Waals surface area contributed by atoms with E-state index in [1.807, 2.05) is 19.1 Å². The summed E-state index contributed by atoms with van der Waals surface area (Å²) in [4.78, 5) is 16.1. The quantitative estimate of drug-likeness (QED) is 0.778. The van der Waals surface area contributed by atoms with Crippen LogP contribution in [0.25, 0.3) is 0 Å². The van der Waals surface area contributed by atoms with Gasteiger partial charge in [-0.3, -0.25) is 4.79 Å². The highest BCUT2D eigenvalue weighted by Crippen LogP contribution is 2.11. The molecule has 1 aromatic heterocycles. The molecule has 0 radical (unpaired) electrons. The number of rotatable bonds is 5. The minimum Gasteiger partial charge on any atom is -0.395 e. The number of carbonyl (C=O) groups is 1. The minimum atomic E-state index is -0.164. The van der Waals surface area contributed by atoms with Crippen molar-refractivity contribution in [3.8, 4) is 0 Å². The second kappa shape index (κ2) is 6.68. The Morgan fingerprint density at radius 3 is 2.55 bits per heavy atom. The molecule has 0 unspecified atom stereocenters. The SMILES string of the molecule is Cc1ccc(C(=O)Nc2ccc(NCCO)nc2)cc1. The monoisotopic (exact) mass is 271 g/mol. The van der Waals surface area contributed by atoms with Crippen molar-refractivity contribution in [2.24, 2.45) is 0 Å². The molecular weight excluding hydrogens is 254 g/mol. The summed E-state index contributed by atoms with van der Waals surface area (Å²) in [7, 11) is 0. The van der Waals surface area contributed by atoms with Crippen LogP contribution in [0.4, 0.5) is 11.5 Å². The van der Waals surface area contributed by atoms with Gasteiger partial charge in [-0.2, -0.15) is 0 Å². The molecular formula is C15H17N3O2. The molecule has 20 heavy (non-hydrogen) atoms. The first-order chi connectivity index (χ1) is 9.69. The van der Waals surface area contributed by atoms with Gasteiger partial charge in [-0.1, -0.05) is 17.7 Å². The van der Waals surface area contributed by atoms with Crippen molar-refractivity contribution in [1.29, 1.82) is 0 Å². The Kier molecular flexibility index (Phi) is 4.68. The van der Waals surface area contributed by atoms with Gasteiger partial charge in [0, 0.05) is 12.1 Å². The van der Waals surface area contributed by atoms with E-state index in [9.17, 15) is 4.79 Å². The lowest BCUT2D eigenvalue weighted by atomic mass is 10.1. The number of aliphatic hydroxyl groups is 1. The average Bonchev–Trinajstić information content (AvgIpc) is 2.47. The first kappa shape index (κ1) is 14.0. The van der Waals surface area contributed by atoms with Crippen LogP contribution in [-0.2, 0) is 0 Å². The number of carbonyl (C=O) groups excluding carboxylic acids is 1. The first-order valence-corrected chi connectivity index (χ1v) is 6.38. The Balaban J connectivity index is 1.99. The Labute approximate surface area is 117 Å². The van der Waals surface area contributed by atoms with E-state index in [1.165, 1.54) is 0 Å². The molecule has 5 heteroatoms. The molecule has 0 fully saturated rings. The van der Waals surface area contributed by atoms with Crippen LogP contribution in [0, 0.1) is 6.92 Å². The van der Waals surface area contributed by atoms with Crippen molar-refractivity contribution in [2.45, 2.75) is 6.92 Å². The third-order valence-corrected chi connectivity index (χ3v) is 2.75. The van der Waals surface area contributed by atoms with Gasteiger partial charge in [0.2, 0.25) is 0 Å². The topological polar surface area (TPSA) is 74.2 Å². The number of hydrogen-bond acceptors (Lipinski definition) is 4. The summed E-state index contributed by atoms with van der Waals surface area (Å²) in [5.41, 5.74) is 2.35. The second-order valence-electron chi connectivity index (χ2n) is 4.40. The third kappa shape index (κ3) is 3.80. The minimum absolute atomic E-state index is 0.0492. The highest BCUT2D eigenvalue weighted by molar-refractivity contribution is 6.04. The van der Waals surface area contributed by atoms with Gasteiger partial charge in [-0.05, 0) is 31.2 Å². The molecule has 0 aliphatic heterocycles. The molecule has 3 N–H and O–H groups in total. The number of aliphatic hydroxyl groups excluding tert-OH is 1. The van der Waals surface area contributed by atoms with Crippen molar-refractivity contribution in [1.82, 2.24) is 4.98 Å². The van der Waals surface area contributed by atoms with Gasteiger partial charge < -0.3 is 15.7 Å². The smallest absolute Gasteiger partial charge is 0.255 e. The van der Waals surface area contributed by atoms with Crippen molar-refractivity contribution in [3.63, 3.8) is 0 Å². The van der Waals surface area contributed by atoms with E-state index in [2.05, 4.69) is 15.6 Å². The Morgan fingerprint density at radius 2 is 1.95 bits per heavy atom. The van der Waals surface area contributed by atoms with Crippen LogP contribution in [0.15, 0.2) is 42.6 Å². The van der Waals surface area contributed by atoms with Crippen LogP contribution >= 0.6 is 0 Å². The molecule has 2 rings (SSSR count). The molecule has 5 nitrogen and oxygen atoms in total. The van der Waals surface area contributed by atoms with Gasteiger partial charge in [-0.15, -0.1) is 0 Å². The zero-order valence-corrected chi connectivity index (χ0v) is 11.3. The highest BCUT2D eigenvalue weighted by atomic mass is 16.3. The van der Waals surface area contributed by atoms with Crippen molar-refractivity contribution in [3.05, 3.63) is 53.7 Å². The van der Waals surface area contributed by atoms with Crippen molar-refractivity contribution in [2.75, 3.05) is 23.8 Å². The Morgan fingerprint density at radius 1 is 1.20 bits per heavy atom. The predicted molar refractivity (Wildman–Crippen MR) is 78.9 cm³/mol. The standard InChI is InChI=1S/C15H17N3O2/c1-11-2-4-12(5-3-11)15(20)18-13-6-7-14(17-10-13)16-8-9-19/h2-7,10,19H,8-9H2,1H3,(H,16,17)(H,18,20). The summed E-state index contributed by atoms with van der Waals surface area (Å²) in [5, 5.41) is 14.4. The van der Waals surface area contributed by atoms with E-state index in [0.29, 0.717) is 23.6 Å². The fourth-order valence-corrected chi connectivity index (χ4v) is 1.66. The van der Waals surface area contributed by atoms with Crippen LogP contribution in [0.3, 0.4) is 0 Å². The molecule has 1 heterocycles. The number of hydrogen-bond donors (Lipinski definition) is 3. The van der Waals surface area contributed by atoms with Gasteiger partial charge in [0.25, 0.3) is 5.91 Å². The van der Waals surface area contributed by atoms with Crippen LogP contribution < -0.4 is 10.6 Å².